The summed E-state index contributed by atoms with van der Waals surface area (Å²) in [6.07, 6.45) is -5.59. The van der Waals surface area contributed by atoms with Gasteiger partial charge in [-0.3, -0.25) is 0 Å². The molecule has 0 amide bonds. The molecule has 0 bridgehead atoms. The molecule has 2 aromatic carbocycles. The van der Waals surface area contributed by atoms with Gasteiger partial charge in [-0.1, -0.05) is 24.3 Å². The van der Waals surface area contributed by atoms with Crippen LogP contribution in [0.1, 0.15) is 29.5 Å². The molecular formula is C23H23F3O6. The van der Waals surface area contributed by atoms with E-state index in [4.69, 9.17) is 9.47 Å². The number of carbonyl (C=O) groups is 1. The van der Waals surface area contributed by atoms with Crippen LogP contribution >= 0.6 is 0 Å². The maximum absolute atomic E-state index is 12.7. The Bertz CT molecular complexity index is 924. The van der Waals surface area contributed by atoms with Gasteiger partial charge in [-0.05, 0) is 41.5 Å². The lowest BCUT2D eigenvalue weighted by Crippen LogP contribution is -2.48. The van der Waals surface area contributed by atoms with Crippen molar-refractivity contribution >= 4 is 12.0 Å². The van der Waals surface area contributed by atoms with Crippen LogP contribution < -0.4 is 0 Å². The number of aromatic hydroxyl groups is 1. The lowest BCUT2D eigenvalue weighted by atomic mass is 9.89. The van der Waals surface area contributed by atoms with Crippen LogP contribution in [0.2, 0.25) is 0 Å². The number of hydrogen-bond acceptors (Lipinski definition) is 6. The molecule has 2 aromatic rings. The fraction of sp³-hybridized carbons (Fsp3) is 0.348. The van der Waals surface area contributed by atoms with Crippen LogP contribution in [0, 0.1) is 0 Å². The summed E-state index contributed by atoms with van der Waals surface area (Å²) >= 11 is 0. The van der Waals surface area contributed by atoms with Crippen molar-refractivity contribution in [1.82, 2.24) is 0 Å². The Morgan fingerprint density at radius 1 is 1.03 bits per heavy atom. The lowest BCUT2D eigenvalue weighted by Gasteiger charge is -2.36. The molecule has 3 rings (SSSR count). The maximum atomic E-state index is 12.7. The molecule has 0 aliphatic heterocycles. The number of esters is 1. The summed E-state index contributed by atoms with van der Waals surface area (Å²) in [5.74, 6) is -0.635. The largest absolute Gasteiger partial charge is 0.508 e. The monoisotopic (exact) mass is 452 g/mol. The molecule has 32 heavy (non-hydrogen) atoms. The first-order chi connectivity index (χ1) is 15.1. The molecular weight excluding hydrogens is 429 g/mol. The number of phenolic OH excluding ortho intramolecular Hbond substituents is 1. The molecule has 1 saturated carbocycles. The smallest absolute Gasteiger partial charge is 0.416 e. The summed E-state index contributed by atoms with van der Waals surface area (Å²) in [4.78, 5) is 12.1. The van der Waals surface area contributed by atoms with Gasteiger partial charge < -0.3 is 24.8 Å². The molecule has 0 unspecified atom stereocenters. The van der Waals surface area contributed by atoms with Gasteiger partial charge in [0.1, 0.15) is 18.0 Å². The van der Waals surface area contributed by atoms with Crippen LogP contribution in [0.4, 0.5) is 13.2 Å². The zero-order valence-corrected chi connectivity index (χ0v) is 16.9. The zero-order valence-electron chi connectivity index (χ0n) is 16.9. The maximum Gasteiger partial charge on any atom is 0.416 e. The molecule has 4 atom stereocenters. The number of ether oxygens (including phenoxy) is 2. The van der Waals surface area contributed by atoms with Crippen LogP contribution in [0.5, 0.6) is 5.75 Å². The summed E-state index contributed by atoms with van der Waals surface area (Å²) in [7, 11) is 0. The average Bonchev–Trinajstić information content (AvgIpc) is 2.75. The number of aliphatic hydroxyl groups excluding tert-OH is 2. The van der Waals surface area contributed by atoms with E-state index >= 15 is 0 Å². The summed E-state index contributed by atoms with van der Waals surface area (Å²) < 4.78 is 48.9. The Morgan fingerprint density at radius 2 is 1.69 bits per heavy atom. The zero-order chi connectivity index (χ0) is 23.3. The topological polar surface area (TPSA) is 96.2 Å². The second kappa shape index (κ2) is 10.2. The van der Waals surface area contributed by atoms with Crippen molar-refractivity contribution in [3.63, 3.8) is 0 Å². The van der Waals surface area contributed by atoms with Crippen LogP contribution in [0.3, 0.4) is 0 Å². The first-order valence-electron chi connectivity index (χ1n) is 9.93. The third kappa shape index (κ3) is 6.56. The SMILES string of the molecule is O=C(/C=C/c1ccc(O)cc1)O[C@@H]1C[C@@H](OCc2ccc(C(F)(F)F)cc2)C[C@H](O)[C@H]1O. The van der Waals surface area contributed by atoms with Gasteiger partial charge in [-0.15, -0.1) is 0 Å². The molecule has 1 aliphatic rings. The number of halogens is 3. The minimum atomic E-state index is -4.42. The second-order valence-electron chi connectivity index (χ2n) is 7.56. The van der Waals surface area contributed by atoms with Crippen LogP contribution in [0.15, 0.2) is 54.6 Å². The van der Waals surface area contributed by atoms with Crippen LogP contribution in [-0.4, -0.2) is 45.7 Å². The predicted molar refractivity (Wildman–Crippen MR) is 108 cm³/mol. The lowest BCUT2D eigenvalue weighted by molar-refractivity contribution is -0.171. The Kier molecular flexibility index (Phi) is 7.55. The van der Waals surface area contributed by atoms with Crippen LogP contribution in [0.25, 0.3) is 6.08 Å². The van der Waals surface area contributed by atoms with E-state index in [1.165, 1.54) is 30.3 Å². The minimum absolute atomic E-state index is 0.00698. The number of alkyl halides is 3. The van der Waals surface area contributed by atoms with Gasteiger partial charge in [-0.2, -0.15) is 13.2 Å². The normalized spacial score (nSPS) is 23.9. The number of benzene rings is 2. The summed E-state index contributed by atoms with van der Waals surface area (Å²) in [5, 5.41) is 29.5. The number of carbonyl (C=O) groups excluding carboxylic acids is 1. The quantitative estimate of drug-likeness (QED) is 0.459. The van der Waals surface area contributed by atoms with E-state index < -0.39 is 42.1 Å². The molecule has 6 nitrogen and oxygen atoms in total. The van der Waals surface area contributed by atoms with Gasteiger partial charge >= 0.3 is 12.1 Å². The van der Waals surface area contributed by atoms with Gasteiger partial charge in [0.05, 0.1) is 24.4 Å². The first kappa shape index (κ1) is 23.8. The van der Waals surface area contributed by atoms with E-state index in [9.17, 15) is 33.3 Å². The van der Waals surface area contributed by atoms with Gasteiger partial charge in [0.15, 0.2) is 0 Å². The van der Waals surface area contributed by atoms with E-state index in [1.807, 2.05) is 0 Å². The number of hydrogen-bond donors (Lipinski definition) is 3. The van der Waals surface area contributed by atoms with Crippen molar-refractivity contribution in [3.05, 3.63) is 71.3 Å². The van der Waals surface area contributed by atoms with E-state index in [1.54, 1.807) is 12.1 Å². The summed E-state index contributed by atoms with van der Waals surface area (Å²) in [6, 6.07) is 10.7. The fourth-order valence-corrected chi connectivity index (χ4v) is 3.35. The standard InChI is InChI=1S/C23H23F3O6/c24-23(25,26)16-6-1-15(2-7-16)13-31-18-11-19(28)22(30)20(12-18)32-21(29)10-5-14-3-8-17(27)9-4-14/h1-10,18-20,22,27-28,30H,11-13H2/b10-5+/t18-,19-,20+,22+/m0/s1. The molecule has 0 spiro atoms. The van der Waals surface area contributed by atoms with Gasteiger partial charge in [0, 0.05) is 18.9 Å². The van der Waals surface area contributed by atoms with E-state index in [0.717, 1.165) is 18.2 Å². The highest BCUT2D eigenvalue weighted by Gasteiger charge is 2.38. The Labute approximate surface area is 182 Å². The van der Waals surface area contributed by atoms with Gasteiger partial charge in [-0.25, -0.2) is 4.79 Å². The summed E-state index contributed by atoms with van der Waals surface area (Å²) in [5.41, 5.74) is 0.413. The molecule has 0 aromatic heterocycles. The predicted octanol–water partition coefficient (Wildman–Crippen LogP) is 3.44. The molecule has 9 heteroatoms. The number of phenols is 1. The van der Waals surface area contributed by atoms with Crippen molar-refractivity contribution in [2.45, 2.75) is 50.0 Å². The molecule has 0 radical (unpaired) electrons. The highest BCUT2D eigenvalue weighted by Crippen LogP contribution is 2.30. The molecule has 1 aliphatic carbocycles. The molecule has 0 saturated heterocycles. The van der Waals surface area contributed by atoms with Gasteiger partial charge in [0.25, 0.3) is 0 Å². The highest BCUT2D eigenvalue weighted by atomic mass is 19.4. The van der Waals surface area contributed by atoms with Crippen LogP contribution in [-0.2, 0) is 27.1 Å². The number of rotatable bonds is 6. The highest BCUT2D eigenvalue weighted by molar-refractivity contribution is 5.87. The van der Waals surface area contributed by atoms with E-state index in [0.29, 0.717) is 11.1 Å². The van der Waals surface area contributed by atoms with Crippen molar-refractivity contribution in [1.29, 1.82) is 0 Å². The Balaban J connectivity index is 1.54. The third-order valence-corrected chi connectivity index (χ3v) is 5.11. The van der Waals surface area contributed by atoms with Crippen molar-refractivity contribution in [2.75, 3.05) is 0 Å². The van der Waals surface area contributed by atoms with E-state index in [2.05, 4.69) is 0 Å². The summed E-state index contributed by atoms with van der Waals surface area (Å²) in [6.45, 7) is 0.00698. The van der Waals surface area contributed by atoms with Crippen molar-refractivity contribution < 1.29 is 42.8 Å². The Morgan fingerprint density at radius 3 is 2.31 bits per heavy atom. The van der Waals surface area contributed by atoms with Crippen molar-refractivity contribution in [2.24, 2.45) is 0 Å². The molecule has 0 heterocycles. The minimum Gasteiger partial charge on any atom is -0.508 e. The average molecular weight is 452 g/mol. The van der Waals surface area contributed by atoms with Crippen molar-refractivity contribution in [3.8, 4) is 5.75 Å². The van der Waals surface area contributed by atoms with E-state index in [-0.39, 0.29) is 25.2 Å². The molecule has 172 valence electrons. The molecule has 1 fully saturated rings. The first-order valence-corrected chi connectivity index (χ1v) is 9.93. The fourth-order valence-electron chi connectivity index (χ4n) is 3.35. The Hall–Kier alpha value is -2.88. The molecule has 3 N–H and O–H groups in total. The number of aliphatic hydroxyl groups is 2. The van der Waals surface area contributed by atoms with Gasteiger partial charge in [0.2, 0.25) is 0 Å². The third-order valence-electron chi connectivity index (χ3n) is 5.11. The second-order valence-corrected chi connectivity index (χ2v) is 7.56.